The van der Waals surface area contributed by atoms with Crippen molar-refractivity contribution in [2.75, 3.05) is 24.3 Å². The zero-order valence-corrected chi connectivity index (χ0v) is 23.1. The van der Waals surface area contributed by atoms with E-state index >= 15 is 0 Å². The van der Waals surface area contributed by atoms with E-state index in [4.69, 9.17) is 9.47 Å². The molecular formula is C27H26N4O6S2. The molecule has 0 aliphatic rings. The van der Waals surface area contributed by atoms with Crippen molar-refractivity contribution in [3.8, 4) is 22.8 Å². The molecule has 0 unspecified atom stereocenters. The van der Waals surface area contributed by atoms with Gasteiger partial charge in [0, 0.05) is 5.69 Å². The third-order valence-corrected chi connectivity index (χ3v) is 7.58. The van der Waals surface area contributed by atoms with Crippen LogP contribution in [0.1, 0.15) is 39.4 Å². The van der Waals surface area contributed by atoms with Crippen molar-refractivity contribution in [2.24, 2.45) is 0 Å². The summed E-state index contributed by atoms with van der Waals surface area (Å²) in [7, 11) is 0. The summed E-state index contributed by atoms with van der Waals surface area (Å²) in [4.78, 5) is 38.3. The van der Waals surface area contributed by atoms with E-state index in [-0.39, 0.29) is 40.2 Å². The van der Waals surface area contributed by atoms with E-state index in [9.17, 15) is 19.5 Å². The van der Waals surface area contributed by atoms with Crippen molar-refractivity contribution >= 4 is 45.9 Å². The number of thiophene rings is 1. The van der Waals surface area contributed by atoms with Crippen LogP contribution < -0.4 is 5.32 Å². The number of esters is 2. The molecule has 202 valence electrons. The van der Waals surface area contributed by atoms with E-state index in [0.717, 1.165) is 28.8 Å². The maximum atomic E-state index is 13.0. The van der Waals surface area contributed by atoms with E-state index < -0.39 is 17.8 Å². The molecule has 2 heterocycles. The molecule has 0 aliphatic heterocycles. The lowest BCUT2D eigenvalue weighted by molar-refractivity contribution is -0.113. The molecule has 4 aromatic rings. The lowest BCUT2D eigenvalue weighted by atomic mass is 10.1. The molecule has 39 heavy (non-hydrogen) atoms. The van der Waals surface area contributed by atoms with Gasteiger partial charge >= 0.3 is 11.9 Å². The van der Waals surface area contributed by atoms with Gasteiger partial charge in [0.25, 0.3) is 0 Å². The Hall–Kier alpha value is -4.16. The van der Waals surface area contributed by atoms with Gasteiger partial charge in [-0.25, -0.2) is 9.59 Å². The number of phenolic OH excluding ortho intramolecular Hbond substituents is 1. The summed E-state index contributed by atoms with van der Waals surface area (Å²) in [6, 6.07) is 16.1. The summed E-state index contributed by atoms with van der Waals surface area (Å²) in [5.74, 6) is -1.24. The fraction of sp³-hybridized carbons (Fsp3) is 0.222. The smallest absolute Gasteiger partial charge is 0.348 e. The number of benzene rings is 2. The fourth-order valence-corrected chi connectivity index (χ4v) is 5.60. The number of nitrogens with zero attached hydrogens (tertiary/aromatic N) is 3. The van der Waals surface area contributed by atoms with Crippen molar-refractivity contribution in [1.29, 1.82) is 0 Å². The monoisotopic (exact) mass is 566 g/mol. The Morgan fingerprint density at radius 1 is 0.974 bits per heavy atom. The Labute approximate surface area is 233 Å². The average molecular weight is 567 g/mol. The topological polar surface area (TPSA) is 133 Å². The van der Waals surface area contributed by atoms with E-state index in [2.05, 4.69) is 15.5 Å². The minimum absolute atomic E-state index is 0.0494. The lowest BCUT2D eigenvalue weighted by Gasteiger charge is -2.11. The minimum atomic E-state index is -0.638. The Kier molecular flexibility index (Phi) is 8.99. The van der Waals surface area contributed by atoms with Crippen LogP contribution in [0.25, 0.3) is 17.1 Å². The van der Waals surface area contributed by atoms with Gasteiger partial charge in [0.05, 0.1) is 30.1 Å². The Morgan fingerprint density at radius 2 is 1.64 bits per heavy atom. The van der Waals surface area contributed by atoms with Crippen LogP contribution in [0.3, 0.4) is 0 Å². The first-order valence-electron chi connectivity index (χ1n) is 12.0. The normalized spacial score (nSPS) is 10.7. The Bertz CT molecular complexity index is 1500. The summed E-state index contributed by atoms with van der Waals surface area (Å²) >= 11 is 2.10. The van der Waals surface area contributed by atoms with Crippen molar-refractivity contribution in [1.82, 2.24) is 14.8 Å². The molecule has 0 spiro atoms. The summed E-state index contributed by atoms with van der Waals surface area (Å²) in [6.07, 6.45) is 0. The molecule has 0 aliphatic carbocycles. The lowest BCUT2D eigenvalue weighted by Crippen LogP contribution is -2.17. The summed E-state index contributed by atoms with van der Waals surface area (Å²) in [5.41, 5.74) is 1.75. The van der Waals surface area contributed by atoms with Gasteiger partial charge in [0.15, 0.2) is 11.0 Å². The quantitative estimate of drug-likeness (QED) is 0.199. The fourth-order valence-electron chi connectivity index (χ4n) is 3.75. The molecule has 0 saturated heterocycles. The number of carbonyl (C=O) groups is 3. The number of anilines is 1. The number of para-hydroxylation sites is 2. The predicted octanol–water partition coefficient (Wildman–Crippen LogP) is 5.09. The number of aromatic hydroxyl groups is 1. The average Bonchev–Trinajstić information content (AvgIpc) is 3.49. The number of hydrogen-bond donors (Lipinski definition) is 2. The third-order valence-electron chi connectivity index (χ3n) is 5.47. The second-order valence-electron chi connectivity index (χ2n) is 8.03. The van der Waals surface area contributed by atoms with Crippen LogP contribution in [0, 0.1) is 6.92 Å². The summed E-state index contributed by atoms with van der Waals surface area (Å²) in [6.45, 7) is 5.29. The molecule has 0 radical (unpaired) electrons. The minimum Gasteiger partial charge on any atom is -0.507 e. The van der Waals surface area contributed by atoms with Crippen molar-refractivity contribution in [3.63, 3.8) is 0 Å². The van der Waals surface area contributed by atoms with E-state index in [1.54, 1.807) is 49.6 Å². The van der Waals surface area contributed by atoms with Crippen LogP contribution in [0.5, 0.6) is 5.75 Å². The highest BCUT2D eigenvalue weighted by Crippen LogP contribution is 2.35. The maximum absolute atomic E-state index is 13.0. The molecule has 10 nitrogen and oxygen atoms in total. The van der Waals surface area contributed by atoms with Crippen LogP contribution >= 0.6 is 23.1 Å². The highest BCUT2D eigenvalue weighted by molar-refractivity contribution is 7.99. The Balaban J connectivity index is 1.60. The van der Waals surface area contributed by atoms with E-state index in [0.29, 0.717) is 22.1 Å². The molecule has 0 fully saturated rings. The first-order valence-corrected chi connectivity index (χ1v) is 13.8. The number of amides is 1. The zero-order chi connectivity index (χ0) is 27.9. The highest BCUT2D eigenvalue weighted by atomic mass is 32.2. The van der Waals surface area contributed by atoms with Crippen LogP contribution in [-0.4, -0.2) is 56.7 Å². The number of nitrogens with one attached hydrogen (secondary N) is 1. The molecule has 0 atom stereocenters. The predicted molar refractivity (Wildman–Crippen MR) is 149 cm³/mol. The number of phenols is 1. The van der Waals surface area contributed by atoms with Crippen LogP contribution in [0.15, 0.2) is 59.8 Å². The van der Waals surface area contributed by atoms with Gasteiger partial charge in [0.1, 0.15) is 15.6 Å². The van der Waals surface area contributed by atoms with Gasteiger partial charge in [-0.1, -0.05) is 42.1 Å². The number of carbonyl (C=O) groups excluding carboxylic acids is 3. The molecule has 1 amide bonds. The number of aromatic nitrogens is 3. The first kappa shape index (κ1) is 27.9. The maximum Gasteiger partial charge on any atom is 0.348 e. The summed E-state index contributed by atoms with van der Waals surface area (Å²) < 4.78 is 12.0. The number of thioether (sulfide) groups is 1. The first-order chi connectivity index (χ1) is 18.8. The van der Waals surface area contributed by atoms with Gasteiger partial charge in [-0.2, -0.15) is 0 Å². The molecule has 4 rings (SSSR count). The van der Waals surface area contributed by atoms with Crippen molar-refractivity contribution in [2.45, 2.75) is 25.9 Å². The third kappa shape index (κ3) is 6.13. The summed E-state index contributed by atoms with van der Waals surface area (Å²) in [5, 5.41) is 22.3. The second-order valence-corrected chi connectivity index (χ2v) is 10.00. The molecule has 0 saturated carbocycles. The van der Waals surface area contributed by atoms with Crippen LogP contribution in [-0.2, 0) is 14.3 Å². The SMILES string of the molecule is CCOC(=O)c1sc(NC(=O)CSc2nnc(-c3ccccc3O)n2-c2ccccc2)c(C(=O)OCC)c1C. The molecule has 2 N–H and O–H groups in total. The largest absolute Gasteiger partial charge is 0.507 e. The van der Waals surface area contributed by atoms with Gasteiger partial charge in [-0.3, -0.25) is 9.36 Å². The molecule has 2 aromatic heterocycles. The van der Waals surface area contributed by atoms with E-state index in [1.807, 2.05) is 30.3 Å². The Morgan fingerprint density at radius 3 is 2.33 bits per heavy atom. The molecule has 12 heteroatoms. The standard InChI is InChI=1S/C27H26N4O6S2/c1-4-36-25(34)21-16(3)22(26(35)37-5-2)39-24(21)28-20(33)15-38-27-30-29-23(18-13-9-10-14-19(18)32)31(27)17-11-7-6-8-12-17/h6-14,32H,4-5,15H2,1-3H3,(H,28,33). The number of rotatable bonds is 10. The number of hydrogen-bond acceptors (Lipinski definition) is 10. The van der Waals surface area contributed by atoms with Crippen LogP contribution in [0.2, 0.25) is 0 Å². The number of ether oxygens (including phenoxy) is 2. The zero-order valence-electron chi connectivity index (χ0n) is 21.5. The van der Waals surface area contributed by atoms with Crippen molar-refractivity contribution in [3.05, 3.63) is 70.6 Å². The van der Waals surface area contributed by atoms with Gasteiger partial charge in [-0.05, 0) is 50.6 Å². The molecule has 0 bridgehead atoms. The van der Waals surface area contributed by atoms with Crippen LogP contribution in [0.4, 0.5) is 5.00 Å². The van der Waals surface area contributed by atoms with Gasteiger partial charge in [0.2, 0.25) is 5.91 Å². The van der Waals surface area contributed by atoms with Gasteiger partial charge in [-0.15, -0.1) is 21.5 Å². The van der Waals surface area contributed by atoms with E-state index in [1.165, 1.54) is 0 Å². The molecular weight excluding hydrogens is 540 g/mol. The highest BCUT2D eigenvalue weighted by Gasteiger charge is 2.27. The second kappa shape index (κ2) is 12.6. The molecule has 2 aromatic carbocycles. The van der Waals surface area contributed by atoms with Crippen molar-refractivity contribution < 1.29 is 29.0 Å². The van der Waals surface area contributed by atoms with Gasteiger partial charge < -0.3 is 19.9 Å².